The molecule has 0 heterocycles. The van der Waals surface area contributed by atoms with Gasteiger partial charge in [0.05, 0.1) is 5.57 Å². The van der Waals surface area contributed by atoms with E-state index in [9.17, 15) is 5.26 Å². The molecular weight excluding hydrogens is 314 g/mol. The standard InChI is InChI=1S/C25H17N/c26-16-23(17-8-2-1-3-9-17)25-21-13-5-4-12-19(21)20-14-6-10-18-11-7-15-22(25)24(18)20/h1-9,11-15,20H,10H2. The van der Waals surface area contributed by atoms with Gasteiger partial charge in [0, 0.05) is 11.5 Å². The van der Waals surface area contributed by atoms with E-state index in [-0.39, 0.29) is 5.92 Å². The number of fused-ring (bicyclic) bond motifs is 2. The van der Waals surface area contributed by atoms with Crippen molar-refractivity contribution in [1.29, 1.82) is 5.26 Å². The minimum atomic E-state index is 0.283. The largest absolute Gasteiger partial charge is 0.192 e. The summed E-state index contributed by atoms with van der Waals surface area (Å²) in [6, 6.07) is 27.6. The van der Waals surface area contributed by atoms with E-state index in [1.165, 1.54) is 27.8 Å². The predicted octanol–water partition coefficient (Wildman–Crippen LogP) is 5.73. The fourth-order valence-corrected chi connectivity index (χ4v) is 4.34. The van der Waals surface area contributed by atoms with E-state index >= 15 is 0 Å². The second-order valence-electron chi connectivity index (χ2n) is 6.80. The lowest BCUT2D eigenvalue weighted by Gasteiger charge is -2.33. The monoisotopic (exact) mass is 331 g/mol. The second-order valence-corrected chi connectivity index (χ2v) is 6.80. The molecule has 1 atom stereocenters. The fraction of sp³-hybridized carbons (Fsp3) is 0.0800. The van der Waals surface area contributed by atoms with Gasteiger partial charge >= 0.3 is 0 Å². The molecule has 0 bridgehead atoms. The lowest BCUT2D eigenvalue weighted by molar-refractivity contribution is 0.930. The van der Waals surface area contributed by atoms with Crippen molar-refractivity contribution in [2.45, 2.75) is 12.3 Å². The van der Waals surface area contributed by atoms with Crippen LogP contribution in [0.2, 0.25) is 0 Å². The zero-order valence-corrected chi connectivity index (χ0v) is 14.3. The third kappa shape index (κ3) is 2.09. The highest BCUT2D eigenvalue weighted by Gasteiger charge is 2.32. The minimum absolute atomic E-state index is 0.283. The van der Waals surface area contributed by atoms with Gasteiger partial charge in [-0.05, 0) is 39.8 Å². The summed E-state index contributed by atoms with van der Waals surface area (Å²) in [5, 5.41) is 10.1. The number of allylic oxidation sites excluding steroid dienone is 3. The Labute approximate surface area is 153 Å². The molecule has 0 fully saturated rings. The Balaban J connectivity index is 1.92. The molecule has 5 rings (SSSR count). The summed E-state index contributed by atoms with van der Waals surface area (Å²) in [5.74, 6) is 0.283. The van der Waals surface area contributed by atoms with Gasteiger partial charge in [0.2, 0.25) is 0 Å². The molecule has 1 heteroatoms. The van der Waals surface area contributed by atoms with Crippen LogP contribution >= 0.6 is 0 Å². The third-order valence-electron chi connectivity index (χ3n) is 5.43. The van der Waals surface area contributed by atoms with Crippen molar-refractivity contribution in [2.24, 2.45) is 0 Å². The molecule has 3 aromatic rings. The lowest BCUT2D eigenvalue weighted by Crippen LogP contribution is -2.17. The average molecular weight is 331 g/mol. The van der Waals surface area contributed by atoms with Crippen LogP contribution in [0.15, 0.2) is 84.9 Å². The molecule has 122 valence electrons. The fourth-order valence-electron chi connectivity index (χ4n) is 4.34. The van der Waals surface area contributed by atoms with Gasteiger partial charge in [-0.3, -0.25) is 0 Å². The Morgan fingerprint density at radius 2 is 1.62 bits per heavy atom. The number of rotatable bonds is 1. The average Bonchev–Trinajstić information content (AvgIpc) is 2.72. The zero-order valence-electron chi connectivity index (χ0n) is 14.3. The molecule has 26 heavy (non-hydrogen) atoms. The van der Waals surface area contributed by atoms with Gasteiger partial charge in [-0.25, -0.2) is 0 Å². The minimum Gasteiger partial charge on any atom is -0.192 e. The maximum absolute atomic E-state index is 10.1. The van der Waals surface area contributed by atoms with Crippen molar-refractivity contribution in [3.05, 3.63) is 118 Å². The van der Waals surface area contributed by atoms with Gasteiger partial charge in [-0.2, -0.15) is 5.26 Å². The molecule has 1 unspecified atom stereocenters. The molecule has 0 aromatic heterocycles. The first kappa shape index (κ1) is 14.9. The van der Waals surface area contributed by atoms with Gasteiger partial charge in [0.25, 0.3) is 0 Å². The van der Waals surface area contributed by atoms with Crippen molar-refractivity contribution in [3.63, 3.8) is 0 Å². The first-order chi connectivity index (χ1) is 12.9. The van der Waals surface area contributed by atoms with Crippen LogP contribution in [0.3, 0.4) is 0 Å². The molecule has 0 saturated heterocycles. The van der Waals surface area contributed by atoms with Gasteiger partial charge < -0.3 is 0 Å². The normalized spacial score (nSPS) is 18.5. The highest BCUT2D eigenvalue weighted by Crippen LogP contribution is 2.48. The van der Waals surface area contributed by atoms with E-state index in [4.69, 9.17) is 0 Å². The van der Waals surface area contributed by atoms with Gasteiger partial charge in [-0.15, -0.1) is 0 Å². The first-order valence-electron chi connectivity index (χ1n) is 8.96. The molecule has 0 radical (unpaired) electrons. The van der Waals surface area contributed by atoms with E-state index in [0.29, 0.717) is 0 Å². The predicted molar refractivity (Wildman–Crippen MR) is 106 cm³/mol. The van der Waals surface area contributed by atoms with Crippen LogP contribution in [0.25, 0.3) is 11.1 Å². The van der Waals surface area contributed by atoms with Crippen LogP contribution in [-0.2, 0) is 6.42 Å². The molecule has 0 amide bonds. The number of hydrogen-bond donors (Lipinski definition) is 0. The smallest absolute Gasteiger partial charge is 0.100 e. The van der Waals surface area contributed by atoms with Crippen molar-refractivity contribution >= 4 is 11.1 Å². The summed E-state index contributed by atoms with van der Waals surface area (Å²) in [5.41, 5.74) is 9.20. The molecule has 1 nitrogen and oxygen atoms in total. The summed E-state index contributed by atoms with van der Waals surface area (Å²) in [4.78, 5) is 0. The van der Waals surface area contributed by atoms with Crippen LogP contribution in [0, 0.1) is 11.3 Å². The number of nitriles is 1. The Bertz CT molecular complexity index is 1110. The Kier molecular flexibility index (Phi) is 3.37. The van der Waals surface area contributed by atoms with Gasteiger partial charge in [0.15, 0.2) is 0 Å². The van der Waals surface area contributed by atoms with Crippen LogP contribution in [0.4, 0.5) is 0 Å². The maximum Gasteiger partial charge on any atom is 0.100 e. The molecule has 0 saturated carbocycles. The number of benzene rings is 3. The quantitative estimate of drug-likeness (QED) is 0.413. The molecule has 0 aliphatic heterocycles. The summed E-state index contributed by atoms with van der Waals surface area (Å²) >= 11 is 0. The molecular formula is C25H17N. The van der Waals surface area contributed by atoms with Gasteiger partial charge in [0.1, 0.15) is 6.07 Å². The molecule has 0 N–H and O–H groups in total. The SMILES string of the molecule is N#CC(=C1c2ccccc2C2C=CCc3cccc1c32)c1ccccc1. The van der Waals surface area contributed by atoms with E-state index in [2.05, 4.69) is 60.7 Å². The Morgan fingerprint density at radius 1 is 0.846 bits per heavy atom. The van der Waals surface area contributed by atoms with Crippen LogP contribution in [-0.4, -0.2) is 0 Å². The lowest BCUT2D eigenvalue weighted by atomic mass is 9.70. The van der Waals surface area contributed by atoms with E-state index < -0.39 is 0 Å². The molecule has 0 spiro atoms. The zero-order chi connectivity index (χ0) is 17.5. The van der Waals surface area contributed by atoms with E-state index in [0.717, 1.165) is 23.1 Å². The summed E-state index contributed by atoms with van der Waals surface area (Å²) in [6.07, 6.45) is 5.54. The Hall–Kier alpha value is -3.37. The maximum atomic E-state index is 10.1. The second kappa shape index (κ2) is 5.86. The third-order valence-corrected chi connectivity index (χ3v) is 5.43. The van der Waals surface area contributed by atoms with Crippen LogP contribution < -0.4 is 0 Å². The van der Waals surface area contributed by atoms with Crippen molar-refractivity contribution in [3.8, 4) is 6.07 Å². The van der Waals surface area contributed by atoms with Crippen LogP contribution in [0.1, 0.15) is 39.3 Å². The molecule has 2 aliphatic rings. The van der Waals surface area contributed by atoms with E-state index in [1.807, 2.05) is 30.3 Å². The van der Waals surface area contributed by atoms with E-state index in [1.54, 1.807) is 0 Å². The van der Waals surface area contributed by atoms with Crippen molar-refractivity contribution in [2.75, 3.05) is 0 Å². The highest BCUT2D eigenvalue weighted by molar-refractivity contribution is 6.06. The highest BCUT2D eigenvalue weighted by atomic mass is 14.4. The van der Waals surface area contributed by atoms with Crippen molar-refractivity contribution < 1.29 is 0 Å². The molecule has 2 aliphatic carbocycles. The summed E-state index contributed by atoms with van der Waals surface area (Å²) in [6.45, 7) is 0. The van der Waals surface area contributed by atoms with Crippen molar-refractivity contribution in [1.82, 2.24) is 0 Å². The summed E-state index contributed by atoms with van der Waals surface area (Å²) < 4.78 is 0. The number of hydrogen-bond acceptors (Lipinski definition) is 1. The topological polar surface area (TPSA) is 23.8 Å². The Morgan fingerprint density at radius 3 is 2.46 bits per heavy atom. The first-order valence-corrected chi connectivity index (χ1v) is 8.96. The van der Waals surface area contributed by atoms with Gasteiger partial charge in [-0.1, -0.05) is 84.9 Å². The molecule has 3 aromatic carbocycles. The summed E-state index contributed by atoms with van der Waals surface area (Å²) in [7, 11) is 0. The van der Waals surface area contributed by atoms with Crippen LogP contribution in [0.5, 0.6) is 0 Å². The number of nitrogens with zero attached hydrogens (tertiary/aromatic N) is 1.